The van der Waals surface area contributed by atoms with E-state index in [0.29, 0.717) is 43.1 Å². The zero-order valence-corrected chi connectivity index (χ0v) is 21.1. The van der Waals surface area contributed by atoms with E-state index in [-0.39, 0.29) is 55.7 Å². The van der Waals surface area contributed by atoms with Crippen molar-refractivity contribution in [3.63, 3.8) is 0 Å². The lowest BCUT2D eigenvalue weighted by atomic mass is 9.81. The highest BCUT2D eigenvalue weighted by molar-refractivity contribution is 6.01. The molecule has 2 unspecified atom stereocenters. The number of hydrogen-bond acceptors (Lipinski definition) is 6. The Kier molecular flexibility index (Phi) is 8.81. The SMILES string of the molecule is CCOc1ccc(NC(=O)CN2C(=O)N(CCCC(=O)NCc3ccco3)C(=O)C3CCCCC32)cc1. The first-order valence-corrected chi connectivity index (χ1v) is 12.9. The molecule has 10 nitrogen and oxygen atoms in total. The van der Waals surface area contributed by atoms with Crippen LogP contribution < -0.4 is 15.4 Å². The molecule has 2 N–H and O–H groups in total. The summed E-state index contributed by atoms with van der Waals surface area (Å²) in [6.07, 6.45) is 5.26. The molecule has 0 spiro atoms. The van der Waals surface area contributed by atoms with E-state index in [1.807, 2.05) is 6.92 Å². The van der Waals surface area contributed by atoms with Gasteiger partial charge in [-0.15, -0.1) is 0 Å². The maximum atomic E-state index is 13.4. The quantitative estimate of drug-likeness (QED) is 0.477. The summed E-state index contributed by atoms with van der Waals surface area (Å²) in [7, 11) is 0. The predicted molar refractivity (Wildman–Crippen MR) is 136 cm³/mol. The minimum absolute atomic E-state index is 0.131. The summed E-state index contributed by atoms with van der Waals surface area (Å²) in [5.41, 5.74) is 0.603. The molecule has 37 heavy (non-hydrogen) atoms. The molecule has 1 aromatic carbocycles. The zero-order valence-electron chi connectivity index (χ0n) is 21.1. The Hall–Kier alpha value is -3.82. The largest absolute Gasteiger partial charge is 0.494 e. The number of nitrogens with zero attached hydrogens (tertiary/aromatic N) is 2. The number of amides is 5. The number of hydrogen-bond donors (Lipinski definition) is 2. The van der Waals surface area contributed by atoms with Crippen LogP contribution in [0.2, 0.25) is 0 Å². The second-order valence-corrected chi connectivity index (χ2v) is 9.32. The highest BCUT2D eigenvalue weighted by Gasteiger charge is 2.47. The van der Waals surface area contributed by atoms with E-state index in [0.717, 1.165) is 12.8 Å². The van der Waals surface area contributed by atoms with Gasteiger partial charge < -0.3 is 24.7 Å². The lowest BCUT2D eigenvalue weighted by Crippen LogP contribution is -2.63. The number of nitrogens with one attached hydrogen (secondary N) is 2. The third kappa shape index (κ3) is 6.69. The van der Waals surface area contributed by atoms with Gasteiger partial charge in [0.25, 0.3) is 0 Å². The number of furan rings is 1. The molecule has 0 radical (unpaired) electrons. The van der Waals surface area contributed by atoms with Crippen LogP contribution in [0.1, 0.15) is 51.2 Å². The number of ether oxygens (including phenoxy) is 1. The molecule has 1 aromatic heterocycles. The van der Waals surface area contributed by atoms with Crippen LogP contribution in [0.25, 0.3) is 0 Å². The van der Waals surface area contributed by atoms with Crippen LogP contribution in [0.5, 0.6) is 5.75 Å². The number of rotatable bonds is 11. The number of benzene rings is 1. The molecule has 2 heterocycles. The van der Waals surface area contributed by atoms with E-state index in [4.69, 9.17) is 9.15 Å². The maximum Gasteiger partial charge on any atom is 0.327 e. The highest BCUT2D eigenvalue weighted by Crippen LogP contribution is 2.34. The summed E-state index contributed by atoms with van der Waals surface area (Å²) in [6.45, 7) is 2.73. The van der Waals surface area contributed by atoms with Crippen LogP contribution in [0.4, 0.5) is 10.5 Å². The van der Waals surface area contributed by atoms with Gasteiger partial charge in [-0.25, -0.2) is 4.79 Å². The number of anilines is 1. The fourth-order valence-electron chi connectivity index (χ4n) is 5.00. The Labute approximate surface area is 216 Å². The van der Waals surface area contributed by atoms with E-state index < -0.39 is 6.03 Å². The molecule has 1 aliphatic carbocycles. The first kappa shape index (κ1) is 26.2. The second-order valence-electron chi connectivity index (χ2n) is 9.32. The highest BCUT2D eigenvalue weighted by atomic mass is 16.5. The standard InChI is InChI=1S/C27H34N4O6/c1-2-36-20-13-11-19(12-14-20)29-25(33)18-31-23-9-4-3-8-22(23)26(34)30(27(31)35)15-5-10-24(32)28-17-21-7-6-16-37-21/h6-7,11-14,16,22-23H,2-5,8-10,15,17-18H2,1H3,(H,28,32)(H,29,33). The van der Waals surface area contributed by atoms with Crippen molar-refractivity contribution in [1.29, 1.82) is 0 Å². The van der Waals surface area contributed by atoms with Gasteiger partial charge in [0, 0.05) is 24.7 Å². The summed E-state index contributed by atoms with van der Waals surface area (Å²) in [6, 6.07) is 9.80. The van der Waals surface area contributed by atoms with Gasteiger partial charge in [-0.05, 0) is 62.6 Å². The van der Waals surface area contributed by atoms with E-state index in [9.17, 15) is 19.2 Å². The van der Waals surface area contributed by atoms with Crippen molar-refractivity contribution in [2.45, 2.75) is 58.0 Å². The summed E-state index contributed by atoms with van der Waals surface area (Å²) in [4.78, 5) is 54.4. The topological polar surface area (TPSA) is 121 Å². The van der Waals surface area contributed by atoms with Gasteiger partial charge in [0.05, 0.1) is 25.3 Å². The van der Waals surface area contributed by atoms with Crippen molar-refractivity contribution in [1.82, 2.24) is 15.1 Å². The zero-order chi connectivity index (χ0) is 26.2. The van der Waals surface area contributed by atoms with Crippen LogP contribution in [0, 0.1) is 5.92 Å². The maximum absolute atomic E-state index is 13.4. The number of carbonyl (C=O) groups is 4. The number of carbonyl (C=O) groups excluding carboxylic acids is 4. The first-order chi connectivity index (χ1) is 18.0. The Bertz CT molecular complexity index is 1080. The van der Waals surface area contributed by atoms with Gasteiger partial charge in [0.2, 0.25) is 17.7 Å². The summed E-state index contributed by atoms with van der Waals surface area (Å²) in [5.74, 6) is 0.327. The van der Waals surface area contributed by atoms with Crippen LogP contribution in [-0.2, 0) is 20.9 Å². The average Bonchev–Trinajstić information content (AvgIpc) is 3.42. The molecule has 198 valence electrons. The molecule has 2 aliphatic rings. The van der Waals surface area contributed by atoms with Gasteiger partial charge in [-0.3, -0.25) is 19.3 Å². The summed E-state index contributed by atoms with van der Waals surface area (Å²) < 4.78 is 10.6. The van der Waals surface area contributed by atoms with Crippen molar-refractivity contribution >= 4 is 29.4 Å². The Morgan fingerprint density at radius 1 is 1.08 bits per heavy atom. The predicted octanol–water partition coefficient (Wildman–Crippen LogP) is 3.54. The smallest absolute Gasteiger partial charge is 0.327 e. The normalized spacial score (nSPS) is 19.4. The minimum atomic E-state index is -0.467. The number of fused-ring (bicyclic) bond motifs is 1. The van der Waals surface area contributed by atoms with Crippen LogP contribution in [-0.4, -0.2) is 59.3 Å². The molecule has 10 heteroatoms. The monoisotopic (exact) mass is 510 g/mol. The number of imide groups is 1. The molecule has 2 fully saturated rings. The van der Waals surface area contributed by atoms with Crippen LogP contribution in [0.3, 0.4) is 0 Å². The van der Waals surface area contributed by atoms with Crippen molar-refractivity contribution in [3.8, 4) is 5.75 Å². The average molecular weight is 511 g/mol. The molecular formula is C27H34N4O6. The van der Waals surface area contributed by atoms with Gasteiger partial charge in [0.15, 0.2) is 0 Å². The molecule has 4 rings (SSSR count). The first-order valence-electron chi connectivity index (χ1n) is 12.9. The fourth-order valence-corrected chi connectivity index (χ4v) is 5.00. The third-order valence-corrected chi connectivity index (χ3v) is 6.78. The fraction of sp³-hybridized carbons (Fsp3) is 0.481. The molecule has 1 saturated heterocycles. The van der Waals surface area contributed by atoms with E-state index >= 15 is 0 Å². The number of urea groups is 1. The molecule has 1 saturated carbocycles. The lowest BCUT2D eigenvalue weighted by molar-refractivity contribution is -0.142. The molecule has 2 aromatic rings. The van der Waals surface area contributed by atoms with Crippen molar-refractivity contribution in [2.24, 2.45) is 5.92 Å². The molecule has 5 amide bonds. The Morgan fingerprint density at radius 3 is 2.59 bits per heavy atom. The Balaban J connectivity index is 1.34. The van der Waals surface area contributed by atoms with E-state index in [2.05, 4.69) is 10.6 Å². The molecular weight excluding hydrogens is 476 g/mol. The molecule has 2 atom stereocenters. The van der Waals surface area contributed by atoms with Gasteiger partial charge in [-0.2, -0.15) is 0 Å². The van der Waals surface area contributed by atoms with Crippen LogP contribution in [0.15, 0.2) is 47.1 Å². The second kappa shape index (κ2) is 12.4. The third-order valence-electron chi connectivity index (χ3n) is 6.78. The van der Waals surface area contributed by atoms with Crippen molar-refractivity contribution in [2.75, 3.05) is 25.0 Å². The molecule has 1 aliphatic heterocycles. The van der Waals surface area contributed by atoms with E-state index in [1.54, 1.807) is 36.4 Å². The summed E-state index contributed by atoms with van der Waals surface area (Å²) in [5, 5.41) is 5.60. The Morgan fingerprint density at radius 2 is 1.86 bits per heavy atom. The van der Waals surface area contributed by atoms with Crippen LogP contribution >= 0.6 is 0 Å². The van der Waals surface area contributed by atoms with Gasteiger partial charge in [0.1, 0.15) is 18.1 Å². The van der Waals surface area contributed by atoms with Crippen molar-refractivity contribution < 1.29 is 28.3 Å². The van der Waals surface area contributed by atoms with E-state index in [1.165, 1.54) is 16.1 Å². The molecule has 0 bridgehead atoms. The van der Waals surface area contributed by atoms with Gasteiger partial charge >= 0.3 is 6.03 Å². The lowest BCUT2D eigenvalue weighted by Gasteiger charge is -2.46. The van der Waals surface area contributed by atoms with Crippen molar-refractivity contribution in [3.05, 3.63) is 48.4 Å². The summed E-state index contributed by atoms with van der Waals surface area (Å²) >= 11 is 0. The minimum Gasteiger partial charge on any atom is -0.494 e. The van der Waals surface area contributed by atoms with Gasteiger partial charge in [-0.1, -0.05) is 12.8 Å².